The number of methoxy groups -OCH3 is 1. The van der Waals surface area contributed by atoms with Crippen LogP contribution in [0.5, 0.6) is 0 Å². The summed E-state index contributed by atoms with van der Waals surface area (Å²) in [6.45, 7) is 2.15. The van der Waals surface area contributed by atoms with Gasteiger partial charge < -0.3 is 0 Å². The molecule has 0 radical (unpaired) electrons. The van der Waals surface area contributed by atoms with Gasteiger partial charge in [0.15, 0.2) is 0 Å². The van der Waals surface area contributed by atoms with Gasteiger partial charge in [-0.3, -0.25) is 0 Å². The summed E-state index contributed by atoms with van der Waals surface area (Å²) in [6, 6.07) is 2.26. The van der Waals surface area contributed by atoms with E-state index in [0.29, 0.717) is 0 Å². The Morgan fingerprint density at radius 3 is 2.80 bits per heavy atom. The van der Waals surface area contributed by atoms with Crippen molar-refractivity contribution in [1.82, 2.24) is 0 Å². The maximum absolute atomic E-state index is 6.14. The molecule has 78 valence electrons. The van der Waals surface area contributed by atoms with Gasteiger partial charge in [-0.15, -0.1) is 0 Å². The molecule has 0 aliphatic carbocycles. The van der Waals surface area contributed by atoms with E-state index in [2.05, 4.69) is 13.0 Å². The monoisotopic (exact) mass is 642 g/mol. The van der Waals surface area contributed by atoms with Crippen molar-refractivity contribution in [3.8, 4) is 0 Å². The van der Waals surface area contributed by atoms with Crippen molar-refractivity contribution in [2.24, 2.45) is 0 Å². The number of hydrogen-bond acceptors (Lipinski definition) is 2. The van der Waals surface area contributed by atoms with Crippen LogP contribution in [0.2, 0.25) is 3.93 Å². The van der Waals surface area contributed by atoms with Crippen LogP contribution in [0, 0.1) is 6.92 Å². The molecule has 0 aliphatic rings. The van der Waals surface area contributed by atoms with Gasteiger partial charge in [0.25, 0.3) is 0 Å². The zero-order valence-electron chi connectivity index (χ0n) is 9.06. The van der Waals surface area contributed by atoms with Crippen molar-refractivity contribution in [2.45, 2.75) is 23.4 Å². The number of hydrogen-bond donors (Lipinski definition) is 0. The van der Waals surface area contributed by atoms with Crippen LogP contribution in [0.3, 0.4) is 0 Å². The van der Waals surface area contributed by atoms with Crippen molar-refractivity contribution in [2.75, 3.05) is 7.11 Å². The normalized spacial score (nSPS) is 12.0. The fourth-order valence-corrected chi connectivity index (χ4v) is 13.6. The molecule has 6 heteroatoms. The van der Waals surface area contributed by atoms with E-state index >= 15 is 0 Å². The predicted molar refractivity (Wildman–Crippen MR) is 59.6 cm³/mol. The van der Waals surface area contributed by atoms with Crippen LogP contribution >= 0.6 is 27.8 Å². The zero-order valence-corrected chi connectivity index (χ0v) is 22.4. The molecule has 1 heterocycles. The number of aryl methyl sites for hydroxylation is 1. The molecule has 1 aromatic rings. The Morgan fingerprint density at radius 2 is 2.27 bits per heavy atom. The minimum atomic E-state index is -1.31. The molecule has 1 unspecified atom stereocenters. The third-order valence-corrected chi connectivity index (χ3v) is 15.4. The van der Waals surface area contributed by atoms with Crippen molar-refractivity contribution >= 4 is 30.9 Å². The molecular formula is C9H12Cl2Hg2OS. The van der Waals surface area contributed by atoms with Crippen LogP contribution in [0.25, 0.3) is 0 Å². The van der Waals surface area contributed by atoms with Gasteiger partial charge >= 0.3 is 129 Å². The second-order valence-corrected chi connectivity index (χ2v) is 18.6. The Bertz CT molecular complexity index is 306. The Kier molecular flexibility index (Phi) is 8.35. The molecule has 1 atom stereocenters. The van der Waals surface area contributed by atoms with E-state index in [1.807, 2.05) is 11.3 Å². The molecule has 0 saturated heterocycles. The Balaban J connectivity index is 2.80. The van der Waals surface area contributed by atoms with E-state index in [0.717, 1.165) is 6.42 Å². The zero-order chi connectivity index (χ0) is 11.3. The Labute approximate surface area is 127 Å². The molecule has 0 amide bonds. The third kappa shape index (κ3) is 4.70. The summed E-state index contributed by atoms with van der Waals surface area (Å²) in [5.74, 6) is 0. The van der Waals surface area contributed by atoms with Crippen LogP contribution in [-0.4, -0.2) is 7.11 Å². The standard InChI is InChI=1S/C9H12OS.2ClH.2Hg/c1-4-8(10-3)9-6-5-7(2)11-9;;;;/h5,8H,1,4H2,2-3H3;2*1H;;/q;;;2*+1/p-2. The molecule has 0 bridgehead atoms. The number of halogens is 2. The van der Waals surface area contributed by atoms with E-state index in [9.17, 15) is 0 Å². The Morgan fingerprint density at radius 1 is 1.53 bits per heavy atom. The second kappa shape index (κ2) is 8.25. The summed E-state index contributed by atoms with van der Waals surface area (Å²) in [7, 11) is 13.9. The second-order valence-electron chi connectivity index (χ2n) is 3.44. The van der Waals surface area contributed by atoms with Gasteiger partial charge in [0, 0.05) is 0 Å². The summed E-state index contributed by atoms with van der Waals surface area (Å²) >= 11 is -0.478. The first kappa shape index (κ1) is 15.2. The molecule has 0 fully saturated rings. The summed E-state index contributed by atoms with van der Waals surface area (Å²) in [6.07, 6.45) is 1.36. The maximum atomic E-state index is 6.14. The molecule has 0 N–H and O–H groups in total. The van der Waals surface area contributed by atoms with Gasteiger partial charge in [-0.1, -0.05) is 0 Å². The topological polar surface area (TPSA) is 9.23 Å². The SMILES string of the molecule is COC(C[CH2][Hg][Cl])c1sc(C)c[c]1[Hg][Cl]. The summed E-state index contributed by atoms with van der Waals surface area (Å²) in [4.78, 5) is 2.75. The molecule has 15 heavy (non-hydrogen) atoms. The van der Waals surface area contributed by atoms with Crippen molar-refractivity contribution in [1.29, 1.82) is 0 Å². The average Bonchev–Trinajstić information content (AvgIpc) is 2.61. The molecule has 0 aliphatic heterocycles. The first-order chi connectivity index (χ1) is 7.22. The first-order valence-corrected chi connectivity index (χ1v) is 26.0. The van der Waals surface area contributed by atoms with E-state index in [1.165, 1.54) is 16.8 Å². The van der Waals surface area contributed by atoms with Gasteiger partial charge in [0.05, 0.1) is 0 Å². The van der Waals surface area contributed by atoms with Crippen LogP contribution in [0.15, 0.2) is 6.07 Å². The molecule has 1 nitrogen and oxygen atoms in total. The summed E-state index contributed by atoms with van der Waals surface area (Å²) in [5.41, 5.74) is 0. The fraction of sp³-hybridized carbons (Fsp3) is 0.556. The summed E-state index contributed by atoms with van der Waals surface area (Å²) < 4.78 is 8.22. The quantitative estimate of drug-likeness (QED) is 0.432. The van der Waals surface area contributed by atoms with Gasteiger partial charge in [0.1, 0.15) is 0 Å². The van der Waals surface area contributed by atoms with E-state index in [4.69, 9.17) is 21.2 Å². The number of ether oxygens (including phenoxy) is 1. The predicted octanol–water partition coefficient (Wildman–Crippen LogP) is 3.65. The van der Waals surface area contributed by atoms with Crippen LogP contribution in [0.4, 0.5) is 0 Å². The van der Waals surface area contributed by atoms with Crippen molar-refractivity contribution in [3.63, 3.8) is 0 Å². The van der Waals surface area contributed by atoms with Gasteiger partial charge in [-0.2, -0.15) is 0 Å². The molecule has 0 aromatic carbocycles. The first-order valence-electron chi connectivity index (χ1n) is 4.96. The van der Waals surface area contributed by atoms with Crippen LogP contribution in [-0.2, 0) is 51.4 Å². The molecule has 1 rings (SSSR count). The third-order valence-electron chi connectivity index (χ3n) is 2.29. The number of rotatable bonds is 6. The van der Waals surface area contributed by atoms with Gasteiger partial charge in [0.2, 0.25) is 0 Å². The summed E-state index contributed by atoms with van der Waals surface area (Å²) in [5, 5.41) is 0. The van der Waals surface area contributed by atoms with Crippen LogP contribution in [0.1, 0.15) is 22.3 Å². The average molecular weight is 640 g/mol. The minimum absolute atomic E-state index is 0.260. The van der Waals surface area contributed by atoms with Gasteiger partial charge in [-0.05, 0) is 0 Å². The fourth-order valence-electron chi connectivity index (χ4n) is 1.58. The molecular weight excluding hydrogens is 628 g/mol. The van der Waals surface area contributed by atoms with Crippen molar-refractivity contribution < 1.29 is 51.4 Å². The molecule has 0 spiro atoms. The van der Waals surface area contributed by atoms with Crippen molar-refractivity contribution in [3.05, 3.63) is 15.8 Å². The molecule has 1 aromatic heterocycles. The van der Waals surface area contributed by atoms with E-state index in [1.54, 1.807) is 7.11 Å². The van der Waals surface area contributed by atoms with E-state index in [-0.39, 0.29) is 6.10 Å². The molecule has 0 saturated carbocycles. The van der Waals surface area contributed by atoms with Crippen LogP contribution < -0.4 is 3.07 Å². The van der Waals surface area contributed by atoms with E-state index < -0.39 is 46.7 Å². The van der Waals surface area contributed by atoms with Gasteiger partial charge in [-0.25, -0.2) is 0 Å². The number of thiophene rings is 1. The Hall–Kier alpha value is 2.11.